The lowest BCUT2D eigenvalue weighted by molar-refractivity contribution is 0.627. The van der Waals surface area contributed by atoms with Gasteiger partial charge in [0.15, 0.2) is 0 Å². The molecule has 1 aromatic heterocycles. The number of anilines is 2. The lowest BCUT2D eigenvalue weighted by Crippen LogP contribution is -2.20. The summed E-state index contributed by atoms with van der Waals surface area (Å²) in [4.78, 5) is 11.0. The van der Waals surface area contributed by atoms with Gasteiger partial charge in [0.2, 0.25) is 5.95 Å². The Kier molecular flexibility index (Phi) is 3.76. The highest BCUT2D eigenvalue weighted by Gasteiger charge is 2.14. The topological polar surface area (TPSA) is 41.1 Å². The van der Waals surface area contributed by atoms with E-state index in [4.69, 9.17) is 0 Å². The molecule has 0 atom stereocenters. The van der Waals surface area contributed by atoms with Crippen LogP contribution in [0.15, 0.2) is 36.5 Å². The maximum absolute atomic E-state index is 12.8. The fraction of sp³-hybridized carbons (Fsp3) is 0.333. The van der Waals surface area contributed by atoms with Crippen molar-refractivity contribution in [2.45, 2.75) is 19.4 Å². The quantitative estimate of drug-likeness (QED) is 0.929. The summed E-state index contributed by atoms with van der Waals surface area (Å²) in [5, 5.41) is 3.24. The first-order valence-corrected chi connectivity index (χ1v) is 6.87. The van der Waals surface area contributed by atoms with Crippen molar-refractivity contribution in [3.63, 3.8) is 0 Å². The molecule has 1 N–H and O–H groups in total. The Morgan fingerprint density at radius 2 is 1.85 bits per heavy atom. The Hall–Kier alpha value is -2.17. The summed E-state index contributed by atoms with van der Waals surface area (Å²) >= 11 is 0. The molecule has 0 amide bonds. The van der Waals surface area contributed by atoms with Crippen LogP contribution in [0.4, 0.5) is 16.2 Å². The first-order valence-electron chi connectivity index (χ1n) is 6.87. The number of nitrogens with zero attached hydrogens (tertiary/aromatic N) is 3. The fourth-order valence-electron chi connectivity index (χ4n) is 2.31. The molecule has 1 aromatic carbocycles. The van der Waals surface area contributed by atoms with Crippen molar-refractivity contribution in [2.75, 3.05) is 23.3 Å². The maximum Gasteiger partial charge on any atom is 0.227 e. The van der Waals surface area contributed by atoms with E-state index in [0.717, 1.165) is 30.4 Å². The molecule has 0 unspecified atom stereocenters. The smallest absolute Gasteiger partial charge is 0.227 e. The zero-order valence-corrected chi connectivity index (χ0v) is 11.2. The summed E-state index contributed by atoms with van der Waals surface area (Å²) in [6, 6.07) is 8.32. The Balaban J connectivity index is 1.65. The van der Waals surface area contributed by atoms with Gasteiger partial charge < -0.3 is 10.2 Å². The minimum absolute atomic E-state index is 0.216. The van der Waals surface area contributed by atoms with Crippen molar-refractivity contribution in [1.82, 2.24) is 9.97 Å². The Bertz CT molecular complexity index is 564. The third kappa shape index (κ3) is 3.04. The van der Waals surface area contributed by atoms with Gasteiger partial charge in [0.25, 0.3) is 0 Å². The first kappa shape index (κ1) is 12.8. The molecule has 1 aliphatic rings. The Morgan fingerprint density at radius 3 is 2.60 bits per heavy atom. The standard InChI is InChI=1S/C15H17FN4/c16-13-5-3-12(4-6-13)11-18-14-7-8-17-15(19-14)20-9-1-2-10-20/h3-8H,1-2,9-11H2,(H,17,18,19). The maximum atomic E-state index is 12.8. The lowest BCUT2D eigenvalue weighted by atomic mass is 10.2. The third-order valence-electron chi connectivity index (χ3n) is 3.42. The average Bonchev–Trinajstić information content (AvgIpc) is 3.01. The van der Waals surface area contributed by atoms with Crippen molar-refractivity contribution in [3.8, 4) is 0 Å². The van der Waals surface area contributed by atoms with Gasteiger partial charge in [-0.25, -0.2) is 9.37 Å². The number of nitrogens with one attached hydrogen (secondary N) is 1. The van der Waals surface area contributed by atoms with E-state index in [-0.39, 0.29) is 5.82 Å². The van der Waals surface area contributed by atoms with Crippen LogP contribution < -0.4 is 10.2 Å². The fourth-order valence-corrected chi connectivity index (χ4v) is 2.31. The first-order chi connectivity index (χ1) is 9.81. The summed E-state index contributed by atoms with van der Waals surface area (Å²) < 4.78 is 12.8. The highest BCUT2D eigenvalue weighted by Crippen LogP contribution is 2.17. The van der Waals surface area contributed by atoms with E-state index in [1.807, 2.05) is 6.07 Å². The largest absolute Gasteiger partial charge is 0.366 e. The van der Waals surface area contributed by atoms with E-state index in [9.17, 15) is 4.39 Å². The van der Waals surface area contributed by atoms with Gasteiger partial charge >= 0.3 is 0 Å². The molecule has 1 saturated heterocycles. The Labute approximate surface area is 117 Å². The minimum Gasteiger partial charge on any atom is -0.366 e. The summed E-state index contributed by atoms with van der Waals surface area (Å²) in [5.41, 5.74) is 1.02. The van der Waals surface area contributed by atoms with Gasteiger partial charge in [-0.05, 0) is 36.6 Å². The van der Waals surface area contributed by atoms with Gasteiger partial charge in [0, 0.05) is 25.8 Å². The second kappa shape index (κ2) is 5.86. The third-order valence-corrected chi connectivity index (χ3v) is 3.42. The molecule has 0 saturated carbocycles. The second-order valence-corrected chi connectivity index (χ2v) is 4.92. The molecule has 0 bridgehead atoms. The molecule has 1 fully saturated rings. The Morgan fingerprint density at radius 1 is 1.10 bits per heavy atom. The zero-order chi connectivity index (χ0) is 13.8. The second-order valence-electron chi connectivity index (χ2n) is 4.92. The normalized spacial score (nSPS) is 14.6. The van der Waals surface area contributed by atoms with Gasteiger partial charge in [-0.3, -0.25) is 0 Å². The number of halogens is 1. The number of rotatable bonds is 4. The van der Waals surface area contributed by atoms with Crippen molar-refractivity contribution < 1.29 is 4.39 Å². The summed E-state index contributed by atoms with van der Waals surface area (Å²) in [5.74, 6) is 1.37. The molecule has 0 spiro atoms. The van der Waals surface area contributed by atoms with Crippen LogP contribution in [-0.4, -0.2) is 23.1 Å². The van der Waals surface area contributed by atoms with E-state index < -0.39 is 0 Å². The summed E-state index contributed by atoms with van der Waals surface area (Å²) in [7, 11) is 0. The number of hydrogen-bond donors (Lipinski definition) is 1. The van der Waals surface area contributed by atoms with Gasteiger partial charge in [-0.2, -0.15) is 4.98 Å². The van der Waals surface area contributed by atoms with Crippen molar-refractivity contribution in [1.29, 1.82) is 0 Å². The molecule has 0 radical (unpaired) electrons. The van der Waals surface area contributed by atoms with Crippen molar-refractivity contribution >= 4 is 11.8 Å². The van der Waals surface area contributed by atoms with Crippen LogP contribution in [0, 0.1) is 5.82 Å². The van der Waals surface area contributed by atoms with E-state index in [1.54, 1.807) is 18.3 Å². The average molecular weight is 272 g/mol. The predicted octanol–water partition coefficient (Wildman–Crippen LogP) is 2.83. The number of aromatic nitrogens is 2. The van der Waals surface area contributed by atoms with E-state index in [1.165, 1.54) is 25.0 Å². The van der Waals surface area contributed by atoms with Gasteiger partial charge in [-0.15, -0.1) is 0 Å². The van der Waals surface area contributed by atoms with Crippen LogP contribution >= 0.6 is 0 Å². The molecule has 104 valence electrons. The van der Waals surface area contributed by atoms with Crippen LogP contribution in [0.2, 0.25) is 0 Å². The number of benzene rings is 1. The van der Waals surface area contributed by atoms with Gasteiger partial charge in [0.05, 0.1) is 0 Å². The molecule has 2 aromatic rings. The van der Waals surface area contributed by atoms with Crippen LogP contribution in [-0.2, 0) is 6.54 Å². The summed E-state index contributed by atoms with van der Waals surface area (Å²) in [6.45, 7) is 2.68. The molecule has 4 nitrogen and oxygen atoms in total. The molecule has 1 aliphatic heterocycles. The zero-order valence-electron chi connectivity index (χ0n) is 11.2. The molecule has 5 heteroatoms. The minimum atomic E-state index is -0.216. The number of hydrogen-bond acceptors (Lipinski definition) is 4. The van der Waals surface area contributed by atoms with Gasteiger partial charge in [-0.1, -0.05) is 12.1 Å². The highest BCUT2D eigenvalue weighted by atomic mass is 19.1. The van der Waals surface area contributed by atoms with Crippen LogP contribution in [0.5, 0.6) is 0 Å². The predicted molar refractivity (Wildman–Crippen MR) is 77.2 cm³/mol. The van der Waals surface area contributed by atoms with E-state index in [0.29, 0.717) is 6.54 Å². The SMILES string of the molecule is Fc1ccc(CNc2ccnc(N3CCCC3)n2)cc1. The molecule has 0 aliphatic carbocycles. The monoisotopic (exact) mass is 272 g/mol. The van der Waals surface area contributed by atoms with Crippen molar-refractivity contribution in [2.24, 2.45) is 0 Å². The summed E-state index contributed by atoms with van der Waals surface area (Å²) in [6.07, 6.45) is 4.18. The molecular formula is C15H17FN4. The van der Waals surface area contributed by atoms with E-state index in [2.05, 4.69) is 20.2 Å². The molecular weight excluding hydrogens is 255 g/mol. The van der Waals surface area contributed by atoms with Gasteiger partial charge in [0.1, 0.15) is 11.6 Å². The van der Waals surface area contributed by atoms with Crippen LogP contribution in [0.1, 0.15) is 18.4 Å². The molecule has 2 heterocycles. The van der Waals surface area contributed by atoms with E-state index >= 15 is 0 Å². The lowest BCUT2D eigenvalue weighted by Gasteiger charge is -2.15. The molecule has 3 rings (SSSR count). The molecule has 20 heavy (non-hydrogen) atoms. The van der Waals surface area contributed by atoms with Crippen molar-refractivity contribution in [3.05, 3.63) is 47.9 Å². The highest BCUT2D eigenvalue weighted by molar-refractivity contribution is 5.42. The van der Waals surface area contributed by atoms with Crippen LogP contribution in [0.25, 0.3) is 0 Å². The van der Waals surface area contributed by atoms with Crippen LogP contribution in [0.3, 0.4) is 0 Å².